The normalized spacial score (nSPS) is 23.1. The van der Waals surface area contributed by atoms with E-state index in [0.717, 1.165) is 9.80 Å². The minimum atomic E-state index is -3.08. The molecule has 5 heteroatoms. The Morgan fingerprint density at radius 1 is 1.31 bits per heavy atom. The zero-order chi connectivity index (χ0) is 11.6. The number of ether oxygens (including phenoxy) is 1. The Balaban J connectivity index is 2.21. The molecule has 0 spiro atoms. The Morgan fingerprint density at radius 2 is 2.00 bits per heavy atom. The van der Waals surface area contributed by atoms with Crippen molar-refractivity contribution in [3.8, 4) is 0 Å². The van der Waals surface area contributed by atoms with Gasteiger partial charge in [0.05, 0.1) is 5.75 Å². The van der Waals surface area contributed by atoms with Gasteiger partial charge >= 0.3 is 0 Å². The summed E-state index contributed by atoms with van der Waals surface area (Å²) in [6.07, 6.45) is -0.324. The Kier molecular flexibility index (Phi) is 3.37. The van der Waals surface area contributed by atoms with Crippen molar-refractivity contribution >= 4 is 21.6 Å². The van der Waals surface area contributed by atoms with Crippen LogP contribution in [0.5, 0.6) is 0 Å². The first-order valence-electron chi connectivity index (χ1n) is 4.81. The fraction of sp³-hybridized carbons (Fsp3) is 0.273. The molecule has 1 atom stereocenters. The number of methoxy groups -OCH3 is 1. The second-order valence-electron chi connectivity index (χ2n) is 3.49. The van der Waals surface area contributed by atoms with Crippen LogP contribution >= 0.6 is 11.8 Å². The van der Waals surface area contributed by atoms with Gasteiger partial charge in [-0.25, -0.2) is 8.42 Å². The maximum atomic E-state index is 11.4. The first kappa shape index (κ1) is 11.7. The number of benzene rings is 1. The maximum absolute atomic E-state index is 11.4. The minimum absolute atomic E-state index is 0.0542. The second kappa shape index (κ2) is 4.61. The van der Waals surface area contributed by atoms with Gasteiger partial charge in [0.2, 0.25) is 0 Å². The first-order valence-corrected chi connectivity index (χ1v) is 7.34. The van der Waals surface area contributed by atoms with Crippen molar-refractivity contribution in [2.24, 2.45) is 0 Å². The number of hydrogen-bond donors (Lipinski definition) is 0. The smallest absolute Gasteiger partial charge is 0.175 e. The van der Waals surface area contributed by atoms with E-state index in [0.29, 0.717) is 0 Å². The molecule has 1 aliphatic rings. The summed E-state index contributed by atoms with van der Waals surface area (Å²) in [5.41, 5.74) is 0. The number of rotatable bonds is 3. The van der Waals surface area contributed by atoms with Crippen LogP contribution in [0, 0.1) is 0 Å². The molecule has 0 saturated carbocycles. The van der Waals surface area contributed by atoms with E-state index >= 15 is 0 Å². The molecule has 0 aliphatic carbocycles. The van der Waals surface area contributed by atoms with Gasteiger partial charge in [0, 0.05) is 22.3 Å². The van der Waals surface area contributed by atoms with Crippen molar-refractivity contribution < 1.29 is 13.2 Å². The fourth-order valence-electron chi connectivity index (χ4n) is 1.49. The Morgan fingerprint density at radius 3 is 2.62 bits per heavy atom. The second-order valence-corrected chi connectivity index (χ2v) is 6.53. The van der Waals surface area contributed by atoms with Gasteiger partial charge in [-0.3, -0.25) is 0 Å². The van der Waals surface area contributed by atoms with E-state index in [1.807, 2.05) is 30.3 Å². The average Bonchev–Trinajstić information content (AvgIpc) is 2.54. The van der Waals surface area contributed by atoms with Gasteiger partial charge in [0.25, 0.3) is 0 Å². The quantitative estimate of drug-likeness (QED) is 0.830. The highest BCUT2D eigenvalue weighted by Crippen LogP contribution is 2.34. The lowest BCUT2D eigenvalue weighted by atomic mass is 10.4. The zero-order valence-electron chi connectivity index (χ0n) is 8.79. The third-order valence-electron chi connectivity index (χ3n) is 2.26. The van der Waals surface area contributed by atoms with E-state index in [-0.39, 0.29) is 11.9 Å². The van der Waals surface area contributed by atoms with Crippen molar-refractivity contribution in [3.63, 3.8) is 0 Å². The molecule has 86 valence electrons. The molecule has 1 aromatic rings. The van der Waals surface area contributed by atoms with Gasteiger partial charge in [-0.05, 0) is 12.1 Å². The molecule has 1 aromatic carbocycles. The van der Waals surface area contributed by atoms with Crippen LogP contribution in [0.1, 0.15) is 0 Å². The molecule has 2 rings (SSSR count). The van der Waals surface area contributed by atoms with Gasteiger partial charge < -0.3 is 4.74 Å². The highest BCUT2D eigenvalue weighted by molar-refractivity contribution is 8.05. The fourth-order valence-corrected chi connectivity index (χ4v) is 4.45. The van der Waals surface area contributed by atoms with Crippen LogP contribution in [-0.4, -0.2) is 27.4 Å². The van der Waals surface area contributed by atoms with Gasteiger partial charge in [-0.15, -0.1) is 0 Å². The molecule has 0 amide bonds. The van der Waals surface area contributed by atoms with Gasteiger partial charge in [-0.2, -0.15) is 0 Å². The number of thioether (sulfide) groups is 1. The van der Waals surface area contributed by atoms with Crippen LogP contribution in [-0.2, 0) is 14.6 Å². The lowest BCUT2D eigenvalue weighted by Crippen LogP contribution is -2.15. The molecule has 0 N–H and O–H groups in total. The molecule has 1 unspecified atom stereocenters. The van der Waals surface area contributed by atoms with Crippen LogP contribution in [0.25, 0.3) is 0 Å². The van der Waals surface area contributed by atoms with Crippen molar-refractivity contribution in [2.45, 2.75) is 11.0 Å². The van der Waals surface area contributed by atoms with E-state index in [2.05, 4.69) is 0 Å². The Bertz CT molecular complexity index is 491. The van der Waals surface area contributed by atoms with E-state index in [9.17, 15) is 8.42 Å². The van der Waals surface area contributed by atoms with Crippen LogP contribution in [0.2, 0.25) is 0 Å². The minimum Gasteiger partial charge on any atom is -0.375 e. The monoisotopic (exact) mass is 256 g/mol. The van der Waals surface area contributed by atoms with Crippen LogP contribution < -0.4 is 0 Å². The van der Waals surface area contributed by atoms with Crippen molar-refractivity contribution in [1.82, 2.24) is 0 Å². The summed E-state index contributed by atoms with van der Waals surface area (Å²) in [6, 6.07) is 9.67. The Labute approximate surface area is 99.4 Å². The lowest BCUT2D eigenvalue weighted by molar-refractivity contribution is 0.158. The largest absolute Gasteiger partial charge is 0.375 e. The van der Waals surface area contributed by atoms with E-state index in [4.69, 9.17) is 4.74 Å². The van der Waals surface area contributed by atoms with Crippen LogP contribution in [0.15, 0.2) is 45.5 Å². The summed E-state index contributed by atoms with van der Waals surface area (Å²) < 4.78 is 28.0. The molecular formula is C11H12O3S2. The highest BCUT2D eigenvalue weighted by Gasteiger charge is 2.29. The predicted octanol–water partition coefficient (Wildman–Crippen LogP) is 2.06. The van der Waals surface area contributed by atoms with Gasteiger partial charge in [0.1, 0.15) is 6.10 Å². The van der Waals surface area contributed by atoms with Crippen molar-refractivity contribution in [3.05, 3.63) is 40.6 Å². The van der Waals surface area contributed by atoms with Gasteiger partial charge in [-0.1, -0.05) is 30.0 Å². The third-order valence-corrected chi connectivity index (χ3v) is 4.91. The maximum Gasteiger partial charge on any atom is 0.175 e. The highest BCUT2D eigenvalue weighted by atomic mass is 32.2. The lowest BCUT2D eigenvalue weighted by Gasteiger charge is -2.10. The summed E-state index contributed by atoms with van der Waals surface area (Å²) in [6.45, 7) is 0. The van der Waals surface area contributed by atoms with Crippen LogP contribution in [0.3, 0.4) is 0 Å². The molecule has 0 aromatic heterocycles. The first-order chi connectivity index (χ1) is 7.61. The molecular weight excluding hydrogens is 244 g/mol. The SMILES string of the molecule is COC1CS(=O)(=O)C=C1Sc1ccccc1. The molecule has 1 aliphatic heterocycles. The van der Waals surface area contributed by atoms with Crippen molar-refractivity contribution in [2.75, 3.05) is 12.9 Å². The third kappa shape index (κ3) is 2.66. The van der Waals surface area contributed by atoms with E-state index in [1.165, 1.54) is 24.3 Å². The zero-order valence-corrected chi connectivity index (χ0v) is 10.4. The summed E-state index contributed by atoms with van der Waals surface area (Å²) in [4.78, 5) is 1.78. The molecule has 0 radical (unpaired) electrons. The summed E-state index contributed by atoms with van der Waals surface area (Å²) in [5.74, 6) is 0.0542. The number of hydrogen-bond acceptors (Lipinski definition) is 4. The van der Waals surface area contributed by atoms with E-state index < -0.39 is 9.84 Å². The topological polar surface area (TPSA) is 43.4 Å². The Hall–Kier alpha value is -0.780. The molecule has 3 nitrogen and oxygen atoms in total. The molecule has 0 fully saturated rings. The van der Waals surface area contributed by atoms with Crippen molar-refractivity contribution in [1.29, 1.82) is 0 Å². The molecule has 16 heavy (non-hydrogen) atoms. The summed E-state index contributed by atoms with van der Waals surface area (Å²) in [5, 5.41) is 1.32. The molecule has 0 saturated heterocycles. The molecule has 0 bridgehead atoms. The number of sulfone groups is 1. The molecule has 1 heterocycles. The summed E-state index contributed by atoms with van der Waals surface area (Å²) in [7, 11) is -1.55. The van der Waals surface area contributed by atoms with Crippen LogP contribution in [0.4, 0.5) is 0 Å². The van der Waals surface area contributed by atoms with Gasteiger partial charge in [0.15, 0.2) is 9.84 Å². The predicted molar refractivity (Wildman–Crippen MR) is 65.0 cm³/mol. The average molecular weight is 256 g/mol. The standard InChI is InChI=1S/C11H12O3S2/c1-14-10-7-16(12,13)8-11(10)15-9-5-3-2-4-6-9/h2-6,8,10H,7H2,1H3. The summed E-state index contributed by atoms with van der Waals surface area (Å²) >= 11 is 1.44. The van der Waals surface area contributed by atoms with E-state index in [1.54, 1.807) is 0 Å².